The molecule has 0 unspecified atom stereocenters. The number of esters is 1. The van der Waals surface area contributed by atoms with E-state index in [1.54, 1.807) is 14.0 Å². The molecule has 154 valence electrons. The smallest absolute Gasteiger partial charge is 0.341 e. The maximum atomic E-state index is 12.7. The second-order valence-corrected chi connectivity index (χ2v) is 8.69. The summed E-state index contributed by atoms with van der Waals surface area (Å²) < 4.78 is 28.6. The maximum Gasteiger partial charge on any atom is 0.341 e. The fraction of sp³-hybridized carbons (Fsp3) is 0.529. The van der Waals surface area contributed by atoms with Crippen LogP contribution in [-0.4, -0.2) is 67.4 Å². The SMILES string of the molecule is CCN(C(=O)[C@@H](C)OC(=O)c1cc([N+](=O)[O-])ccc1NC)[C@@H]1CCS(=O)(=O)C1. The Hall–Kier alpha value is -2.69. The topological polar surface area (TPSA) is 136 Å². The number of nitrogens with zero attached hydrogens (tertiary/aromatic N) is 2. The first-order chi connectivity index (χ1) is 13.1. The molecule has 0 saturated carbocycles. The number of benzene rings is 1. The molecule has 0 bridgehead atoms. The van der Waals surface area contributed by atoms with E-state index in [1.807, 2.05) is 0 Å². The maximum absolute atomic E-state index is 12.7. The Morgan fingerprint density at radius 3 is 2.61 bits per heavy atom. The minimum atomic E-state index is -3.17. The fourth-order valence-electron chi connectivity index (χ4n) is 3.16. The van der Waals surface area contributed by atoms with Gasteiger partial charge in [-0.05, 0) is 26.3 Å². The summed E-state index contributed by atoms with van der Waals surface area (Å²) in [5.74, 6) is -1.48. The number of nitro groups is 1. The second kappa shape index (κ2) is 8.55. The van der Waals surface area contributed by atoms with Crippen molar-refractivity contribution in [1.29, 1.82) is 0 Å². The lowest BCUT2D eigenvalue weighted by atomic mass is 10.1. The number of anilines is 1. The van der Waals surface area contributed by atoms with Gasteiger partial charge in [-0.1, -0.05) is 0 Å². The summed E-state index contributed by atoms with van der Waals surface area (Å²) in [7, 11) is -1.62. The number of amides is 1. The van der Waals surface area contributed by atoms with Crippen LogP contribution in [0.2, 0.25) is 0 Å². The lowest BCUT2D eigenvalue weighted by Crippen LogP contribution is -2.46. The van der Waals surface area contributed by atoms with Gasteiger partial charge in [0.1, 0.15) is 0 Å². The molecule has 1 fully saturated rings. The molecule has 1 aromatic rings. The fourth-order valence-corrected chi connectivity index (χ4v) is 4.89. The zero-order valence-corrected chi connectivity index (χ0v) is 16.7. The predicted molar refractivity (Wildman–Crippen MR) is 102 cm³/mol. The molecule has 0 radical (unpaired) electrons. The Morgan fingerprint density at radius 1 is 1.43 bits per heavy atom. The van der Waals surface area contributed by atoms with E-state index in [1.165, 1.54) is 24.0 Å². The lowest BCUT2D eigenvalue weighted by molar-refractivity contribution is -0.384. The van der Waals surface area contributed by atoms with Crippen molar-refractivity contribution < 1.29 is 27.7 Å². The van der Waals surface area contributed by atoms with Crippen molar-refractivity contribution in [3.63, 3.8) is 0 Å². The highest BCUT2D eigenvalue weighted by atomic mass is 32.2. The van der Waals surface area contributed by atoms with E-state index in [2.05, 4.69) is 5.32 Å². The van der Waals surface area contributed by atoms with E-state index in [0.717, 1.165) is 6.07 Å². The molecule has 1 N–H and O–H groups in total. The molecule has 1 aliphatic rings. The van der Waals surface area contributed by atoms with Crippen molar-refractivity contribution in [2.45, 2.75) is 32.4 Å². The molecular formula is C17H23N3O7S. The Labute approximate surface area is 162 Å². The lowest BCUT2D eigenvalue weighted by Gasteiger charge is -2.29. The average molecular weight is 413 g/mol. The zero-order valence-electron chi connectivity index (χ0n) is 15.9. The van der Waals surface area contributed by atoms with E-state index in [9.17, 15) is 28.1 Å². The van der Waals surface area contributed by atoms with E-state index in [0.29, 0.717) is 12.1 Å². The van der Waals surface area contributed by atoms with E-state index in [-0.39, 0.29) is 29.3 Å². The first-order valence-electron chi connectivity index (χ1n) is 8.77. The number of likely N-dealkylation sites (N-methyl/N-ethyl adjacent to an activating group) is 1. The third-order valence-corrected chi connectivity index (χ3v) is 6.36. The second-order valence-electron chi connectivity index (χ2n) is 6.47. The monoisotopic (exact) mass is 413 g/mol. The number of non-ortho nitro benzene ring substituents is 1. The summed E-state index contributed by atoms with van der Waals surface area (Å²) in [4.78, 5) is 36.9. The van der Waals surface area contributed by atoms with Crippen molar-refractivity contribution >= 4 is 33.1 Å². The van der Waals surface area contributed by atoms with Crippen LogP contribution in [-0.2, 0) is 19.4 Å². The van der Waals surface area contributed by atoms with Gasteiger partial charge in [-0.25, -0.2) is 13.2 Å². The number of hydrogen-bond acceptors (Lipinski definition) is 8. The number of nitrogens with one attached hydrogen (secondary N) is 1. The summed E-state index contributed by atoms with van der Waals surface area (Å²) in [6, 6.07) is 3.25. The van der Waals surface area contributed by atoms with Crippen LogP contribution >= 0.6 is 0 Å². The van der Waals surface area contributed by atoms with Crippen LogP contribution < -0.4 is 5.32 Å². The number of rotatable bonds is 7. The molecule has 11 heteroatoms. The van der Waals surface area contributed by atoms with Crippen LogP contribution in [0, 0.1) is 10.1 Å². The molecule has 1 amide bonds. The van der Waals surface area contributed by atoms with Gasteiger partial charge in [0, 0.05) is 37.5 Å². The van der Waals surface area contributed by atoms with Crippen LogP contribution in [0.15, 0.2) is 18.2 Å². The van der Waals surface area contributed by atoms with Crippen LogP contribution in [0.4, 0.5) is 11.4 Å². The first kappa shape index (κ1) is 21.6. The van der Waals surface area contributed by atoms with E-state index >= 15 is 0 Å². The number of carbonyl (C=O) groups excluding carboxylic acids is 2. The molecule has 0 aliphatic carbocycles. The minimum absolute atomic E-state index is 0.0226. The summed E-state index contributed by atoms with van der Waals surface area (Å²) in [6.45, 7) is 3.39. The largest absolute Gasteiger partial charge is 0.449 e. The van der Waals surface area contributed by atoms with Crippen molar-refractivity contribution in [2.24, 2.45) is 0 Å². The summed E-state index contributed by atoms with van der Waals surface area (Å²) in [5.41, 5.74) is -0.0244. The highest BCUT2D eigenvalue weighted by molar-refractivity contribution is 7.91. The summed E-state index contributed by atoms with van der Waals surface area (Å²) >= 11 is 0. The molecule has 0 aromatic heterocycles. The minimum Gasteiger partial charge on any atom is -0.449 e. The number of carbonyl (C=O) groups is 2. The molecule has 1 aromatic carbocycles. The quantitative estimate of drug-likeness (QED) is 0.400. The van der Waals surface area contributed by atoms with Gasteiger partial charge < -0.3 is 15.0 Å². The molecule has 1 heterocycles. The molecular weight excluding hydrogens is 390 g/mol. The Morgan fingerprint density at radius 2 is 2.11 bits per heavy atom. The molecule has 0 spiro atoms. The number of hydrogen-bond donors (Lipinski definition) is 1. The Bertz CT molecular complexity index is 885. The van der Waals surface area contributed by atoms with Gasteiger partial charge in [0.15, 0.2) is 15.9 Å². The highest BCUT2D eigenvalue weighted by Crippen LogP contribution is 2.24. The molecule has 2 rings (SSSR count). The first-order valence-corrected chi connectivity index (χ1v) is 10.6. The van der Waals surface area contributed by atoms with Crippen molar-refractivity contribution in [3.05, 3.63) is 33.9 Å². The van der Waals surface area contributed by atoms with Gasteiger partial charge in [-0.2, -0.15) is 0 Å². The summed E-state index contributed by atoms with van der Waals surface area (Å²) in [6.07, 6.45) is -0.822. The average Bonchev–Trinajstić information content (AvgIpc) is 3.00. The van der Waals surface area contributed by atoms with E-state index in [4.69, 9.17) is 4.74 Å². The standard InChI is InChI=1S/C17H23N3O7S/c1-4-19(13-7-8-28(25,26)10-13)16(21)11(2)27-17(22)14-9-12(20(23)24)5-6-15(14)18-3/h5-6,9,11,13,18H,4,7-8,10H2,1-3H3/t11-,13-/m1/s1. The van der Waals surface area contributed by atoms with Crippen molar-refractivity contribution in [1.82, 2.24) is 4.90 Å². The van der Waals surface area contributed by atoms with Crippen LogP contribution in [0.3, 0.4) is 0 Å². The van der Waals surface area contributed by atoms with Crippen molar-refractivity contribution in [2.75, 3.05) is 30.4 Å². The van der Waals surface area contributed by atoms with Gasteiger partial charge in [-0.3, -0.25) is 14.9 Å². The zero-order chi connectivity index (χ0) is 21.1. The highest BCUT2D eigenvalue weighted by Gasteiger charge is 2.36. The Balaban J connectivity index is 2.16. The van der Waals surface area contributed by atoms with Crippen LogP contribution in [0.5, 0.6) is 0 Å². The van der Waals surface area contributed by atoms with Crippen LogP contribution in [0.1, 0.15) is 30.6 Å². The normalized spacial score (nSPS) is 18.9. The van der Waals surface area contributed by atoms with Crippen molar-refractivity contribution in [3.8, 4) is 0 Å². The molecule has 28 heavy (non-hydrogen) atoms. The number of nitro benzene ring substituents is 1. The van der Waals surface area contributed by atoms with Gasteiger partial charge >= 0.3 is 5.97 Å². The summed E-state index contributed by atoms with van der Waals surface area (Å²) in [5, 5.41) is 13.7. The molecule has 2 atom stereocenters. The van der Waals surface area contributed by atoms with Gasteiger partial charge in [0.05, 0.1) is 22.0 Å². The number of sulfone groups is 1. The van der Waals surface area contributed by atoms with Crippen LogP contribution in [0.25, 0.3) is 0 Å². The third kappa shape index (κ3) is 4.77. The molecule has 1 aliphatic heterocycles. The predicted octanol–water partition coefficient (Wildman–Crippen LogP) is 1.22. The molecule has 1 saturated heterocycles. The molecule has 10 nitrogen and oxygen atoms in total. The third-order valence-electron chi connectivity index (χ3n) is 4.61. The van der Waals surface area contributed by atoms with Gasteiger partial charge in [-0.15, -0.1) is 0 Å². The van der Waals surface area contributed by atoms with E-state index < -0.39 is 38.8 Å². The van der Waals surface area contributed by atoms with Gasteiger partial charge in [0.2, 0.25) is 0 Å². The van der Waals surface area contributed by atoms with Gasteiger partial charge in [0.25, 0.3) is 11.6 Å². The Kier molecular flexibility index (Phi) is 6.60. The number of ether oxygens (including phenoxy) is 1.